The summed E-state index contributed by atoms with van der Waals surface area (Å²) >= 11 is 0. The number of hydrogen-bond acceptors (Lipinski definition) is 2. The van der Waals surface area contributed by atoms with E-state index in [9.17, 15) is 0 Å². The number of ether oxygens (including phenoxy) is 2. The Morgan fingerprint density at radius 2 is 2.38 bits per heavy atom. The highest BCUT2D eigenvalue weighted by Gasteiger charge is 2.29. The second-order valence-electron chi connectivity index (χ2n) is 3.62. The van der Waals surface area contributed by atoms with Crippen LogP contribution in [0.1, 0.15) is 32.6 Å². The van der Waals surface area contributed by atoms with E-state index in [1.807, 2.05) is 0 Å². The topological polar surface area (TPSA) is 18.5 Å². The van der Waals surface area contributed by atoms with Crippen LogP contribution >= 0.6 is 0 Å². The molecular formula is C11H20O2. The number of allylic oxidation sites excluding steroid dienone is 1. The summed E-state index contributed by atoms with van der Waals surface area (Å²) in [4.78, 5) is 0. The molecule has 1 heterocycles. The van der Waals surface area contributed by atoms with Crippen LogP contribution in [-0.2, 0) is 9.47 Å². The van der Waals surface area contributed by atoms with Gasteiger partial charge in [0.15, 0.2) is 0 Å². The molecule has 2 heteroatoms. The maximum absolute atomic E-state index is 5.51. The van der Waals surface area contributed by atoms with Gasteiger partial charge in [-0.15, -0.1) is 0 Å². The Morgan fingerprint density at radius 1 is 1.54 bits per heavy atom. The minimum absolute atomic E-state index is 0.132. The molecule has 13 heavy (non-hydrogen) atoms. The highest BCUT2D eigenvalue weighted by molar-refractivity contribution is 5.03. The lowest BCUT2D eigenvalue weighted by Crippen LogP contribution is -2.38. The molecule has 0 aliphatic carbocycles. The zero-order chi connectivity index (χ0) is 9.57. The summed E-state index contributed by atoms with van der Waals surface area (Å²) < 4.78 is 10.9. The third kappa shape index (κ3) is 3.12. The van der Waals surface area contributed by atoms with Crippen LogP contribution in [0.4, 0.5) is 0 Å². The van der Waals surface area contributed by atoms with Crippen molar-refractivity contribution >= 4 is 0 Å². The molecule has 0 bridgehead atoms. The molecule has 0 saturated carbocycles. The first-order valence-electron chi connectivity index (χ1n) is 5.13. The van der Waals surface area contributed by atoms with Crippen LogP contribution in [0.2, 0.25) is 0 Å². The van der Waals surface area contributed by atoms with E-state index in [4.69, 9.17) is 9.47 Å². The van der Waals surface area contributed by atoms with Crippen molar-refractivity contribution in [2.24, 2.45) is 0 Å². The lowest BCUT2D eigenvalue weighted by Gasteiger charge is -2.32. The van der Waals surface area contributed by atoms with Gasteiger partial charge in [-0.05, 0) is 19.3 Å². The standard InChI is InChI=1S/C11H20O2/c1-3-4-5-7-11(12-2)8-6-9-13-10-11/h5,7H,3-4,6,8-10H2,1-2H3. The van der Waals surface area contributed by atoms with Crippen molar-refractivity contribution < 1.29 is 9.47 Å². The molecule has 1 atom stereocenters. The summed E-state index contributed by atoms with van der Waals surface area (Å²) in [7, 11) is 1.77. The van der Waals surface area contributed by atoms with Crippen molar-refractivity contribution in [3.63, 3.8) is 0 Å². The Labute approximate surface area is 80.9 Å². The van der Waals surface area contributed by atoms with E-state index < -0.39 is 0 Å². The summed E-state index contributed by atoms with van der Waals surface area (Å²) in [5.41, 5.74) is -0.132. The first kappa shape index (κ1) is 10.7. The number of methoxy groups -OCH3 is 1. The zero-order valence-electron chi connectivity index (χ0n) is 8.71. The maximum atomic E-state index is 5.51. The van der Waals surface area contributed by atoms with E-state index in [2.05, 4.69) is 19.1 Å². The summed E-state index contributed by atoms with van der Waals surface area (Å²) in [5, 5.41) is 0. The fourth-order valence-corrected chi connectivity index (χ4v) is 1.62. The van der Waals surface area contributed by atoms with Gasteiger partial charge in [0, 0.05) is 13.7 Å². The van der Waals surface area contributed by atoms with Gasteiger partial charge in [-0.2, -0.15) is 0 Å². The quantitative estimate of drug-likeness (QED) is 0.625. The van der Waals surface area contributed by atoms with Gasteiger partial charge in [0.2, 0.25) is 0 Å². The predicted molar refractivity (Wildman–Crippen MR) is 53.8 cm³/mol. The number of hydrogen-bond donors (Lipinski definition) is 0. The fourth-order valence-electron chi connectivity index (χ4n) is 1.62. The Hall–Kier alpha value is -0.340. The van der Waals surface area contributed by atoms with Crippen molar-refractivity contribution in [3.05, 3.63) is 12.2 Å². The minimum atomic E-state index is -0.132. The van der Waals surface area contributed by atoms with Crippen LogP contribution < -0.4 is 0 Å². The molecule has 0 aromatic carbocycles. The first-order valence-corrected chi connectivity index (χ1v) is 5.13. The lowest BCUT2D eigenvalue weighted by molar-refractivity contribution is -0.0789. The fraction of sp³-hybridized carbons (Fsp3) is 0.818. The van der Waals surface area contributed by atoms with E-state index in [0.717, 1.165) is 25.9 Å². The van der Waals surface area contributed by atoms with Crippen molar-refractivity contribution in [3.8, 4) is 0 Å². The number of unbranched alkanes of at least 4 members (excludes halogenated alkanes) is 1. The molecule has 1 aliphatic heterocycles. The lowest BCUT2D eigenvalue weighted by atomic mass is 9.95. The van der Waals surface area contributed by atoms with Crippen molar-refractivity contribution in [1.82, 2.24) is 0 Å². The van der Waals surface area contributed by atoms with Crippen LogP contribution in [-0.4, -0.2) is 25.9 Å². The highest BCUT2D eigenvalue weighted by Crippen LogP contribution is 2.24. The van der Waals surface area contributed by atoms with Crippen LogP contribution in [0.15, 0.2) is 12.2 Å². The van der Waals surface area contributed by atoms with E-state index in [1.54, 1.807) is 7.11 Å². The largest absolute Gasteiger partial charge is 0.378 e. The Kier molecular flexibility index (Phi) is 4.46. The second-order valence-corrected chi connectivity index (χ2v) is 3.62. The molecule has 0 radical (unpaired) electrons. The average molecular weight is 184 g/mol. The molecule has 1 aliphatic rings. The maximum Gasteiger partial charge on any atom is 0.109 e. The molecule has 0 spiro atoms. The van der Waals surface area contributed by atoms with Crippen molar-refractivity contribution in [2.75, 3.05) is 20.3 Å². The minimum Gasteiger partial charge on any atom is -0.378 e. The third-order valence-electron chi connectivity index (χ3n) is 2.52. The second kappa shape index (κ2) is 5.40. The first-order chi connectivity index (χ1) is 6.33. The SMILES string of the molecule is CCCC=CC1(OC)CCCOC1. The summed E-state index contributed by atoms with van der Waals surface area (Å²) in [6.45, 7) is 3.78. The highest BCUT2D eigenvalue weighted by atomic mass is 16.5. The summed E-state index contributed by atoms with van der Waals surface area (Å²) in [5.74, 6) is 0. The van der Waals surface area contributed by atoms with Gasteiger partial charge in [-0.1, -0.05) is 25.5 Å². The molecule has 1 rings (SSSR count). The molecule has 76 valence electrons. The number of rotatable bonds is 4. The van der Waals surface area contributed by atoms with E-state index in [-0.39, 0.29) is 5.60 Å². The van der Waals surface area contributed by atoms with Gasteiger partial charge in [0.1, 0.15) is 5.60 Å². The van der Waals surface area contributed by atoms with E-state index >= 15 is 0 Å². The van der Waals surface area contributed by atoms with Gasteiger partial charge in [-0.3, -0.25) is 0 Å². The van der Waals surface area contributed by atoms with Crippen molar-refractivity contribution in [1.29, 1.82) is 0 Å². The van der Waals surface area contributed by atoms with Crippen LogP contribution in [0.3, 0.4) is 0 Å². The Balaban J connectivity index is 2.47. The van der Waals surface area contributed by atoms with Gasteiger partial charge < -0.3 is 9.47 Å². The summed E-state index contributed by atoms with van der Waals surface area (Å²) in [6.07, 6.45) is 8.89. The Morgan fingerprint density at radius 3 is 2.92 bits per heavy atom. The van der Waals surface area contributed by atoms with Crippen molar-refractivity contribution in [2.45, 2.75) is 38.2 Å². The molecule has 1 fully saturated rings. The van der Waals surface area contributed by atoms with Gasteiger partial charge in [0.05, 0.1) is 6.61 Å². The van der Waals surface area contributed by atoms with Gasteiger partial charge in [-0.25, -0.2) is 0 Å². The molecule has 0 aromatic heterocycles. The molecule has 0 N–H and O–H groups in total. The van der Waals surface area contributed by atoms with Crippen LogP contribution in [0.5, 0.6) is 0 Å². The monoisotopic (exact) mass is 184 g/mol. The molecular weight excluding hydrogens is 164 g/mol. The van der Waals surface area contributed by atoms with Crippen LogP contribution in [0.25, 0.3) is 0 Å². The third-order valence-corrected chi connectivity index (χ3v) is 2.52. The Bertz CT molecular complexity index is 157. The normalized spacial score (nSPS) is 29.7. The molecule has 0 aromatic rings. The van der Waals surface area contributed by atoms with Gasteiger partial charge >= 0.3 is 0 Å². The smallest absolute Gasteiger partial charge is 0.109 e. The molecule has 1 saturated heterocycles. The zero-order valence-corrected chi connectivity index (χ0v) is 8.71. The van der Waals surface area contributed by atoms with Gasteiger partial charge in [0.25, 0.3) is 0 Å². The summed E-state index contributed by atoms with van der Waals surface area (Å²) in [6, 6.07) is 0. The molecule has 0 amide bonds. The average Bonchev–Trinajstić information content (AvgIpc) is 2.20. The predicted octanol–water partition coefficient (Wildman–Crippen LogP) is 2.54. The molecule has 1 unspecified atom stereocenters. The molecule has 2 nitrogen and oxygen atoms in total. The van der Waals surface area contributed by atoms with Crippen LogP contribution in [0, 0.1) is 0 Å². The van der Waals surface area contributed by atoms with E-state index in [1.165, 1.54) is 6.42 Å². The van der Waals surface area contributed by atoms with E-state index in [0.29, 0.717) is 6.61 Å².